The lowest BCUT2D eigenvalue weighted by Gasteiger charge is -2.27. The fourth-order valence-electron chi connectivity index (χ4n) is 3.32. The summed E-state index contributed by atoms with van der Waals surface area (Å²) in [5, 5.41) is 2.32. The molecule has 0 N–H and O–H groups in total. The van der Waals surface area contributed by atoms with Gasteiger partial charge in [0, 0.05) is 13.0 Å². The van der Waals surface area contributed by atoms with E-state index in [1.807, 2.05) is 18.2 Å². The molecule has 0 fully saturated rings. The molecule has 0 heterocycles. The van der Waals surface area contributed by atoms with Crippen LogP contribution in [0.15, 0.2) is 42.5 Å². The number of ether oxygens (including phenoxy) is 1. The van der Waals surface area contributed by atoms with Crippen molar-refractivity contribution in [3.8, 4) is 5.75 Å². The third-order valence-corrected chi connectivity index (χ3v) is 4.46. The average Bonchev–Trinajstić information content (AvgIpc) is 2.55. The summed E-state index contributed by atoms with van der Waals surface area (Å²) in [6, 6.07) is 12.5. The molecule has 0 aromatic heterocycles. The van der Waals surface area contributed by atoms with Crippen molar-refractivity contribution in [3.63, 3.8) is 0 Å². The van der Waals surface area contributed by atoms with Crippen LogP contribution in [0.4, 0.5) is 0 Å². The second-order valence-electron chi connectivity index (χ2n) is 6.49. The van der Waals surface area contributed by atoms with Gasteiger partial charge >= 0.3 is 0 Å². The molecule has 1 atom stereocenters. The number of carbonyl (C=O) groups excluding carboxylic acids is 1. The third kappa shape index (κ3) is 3.45. The Morgan fingerprint density at radius 3 is 2.61 bits per heavy atom. The van der Waals surface area contributed by atoms with Gasteiger partial charge in [-0.25, -0.2) is 0 Å². The highest BCUT2D eigenvalue weighted by Gasteiger charge is 2.23. The molecule has 23 heavy (non-hydrogen) atoms. The molecule has 1 aliphatic rings. The van der Waals surface area contributed by atoms with Crippen molar-refractivity contribution < 1.29 is 9.53 Å². The quantitative estimate of drug-likeness (QED) is 0.861. The Balaban J connectivity index is 2.00. The van der Waals surface area contributed by atoms with Gasteiger partial charge < -0.3 is 9.64 Å². The minimum absolute atomic E-state index is 0.241. The van der Waals surface area contributed by atoms with Gasteiger partial charge in [-0.1, -0.05) is 18.2 Å². The number of hydrogen-bond acceptors (Lipinski definition) is 3. The molecule has 0 aliphatic heterocycles. The third-order valence-electron chi connectivity index (χ3n) is 4.46. The first-order chi connectivity index (χ1) is 11.1. The molecule has 0 saturated heterocycles. The maximum Gasteiger partial charge on any atom is 0.156 e. The van der Waals surface area contributed by atoms with Crippen molar-refractivity contribution in [1.82, 2.24) is 4.90 Å². The number of allylic oxidation sites excluding steroid dienone is 1. The predicted molar refractivity (Wildman–Crippen MR) is 94.8 cm³/mol. The van der Waals surface area contributed by atoms with Gasteiger partial charge in [-0.2, -0.15) is 0 Å². The van der Waals surface area contributed by atoms with E-state index in [-0.39, 0.29) is 5.78 Å². The van der Waals surface area contributed by atoms with Gasteiger partial charge in [0.1, 0.15) is 5.75 Å². The maximum atomic E-state index is 11.9. The Hall–Kier alpha value is -2.13. The fraction of sp³-hybridized carbons (Fsp3) is 0.350. The van der Waals surface area contributed by atoms with Crippen LogP contribution in [0.1, 0.15) is 18.4 Å². The minimum Gasteiger partial charge on any atom is -0.497 e. The molecular weight excluding hydrogens is 286 g/mol. The average molecular weight is 309 g/mol. The second-order valence-corrected chi connectivity index (χ2v) is 6.49. The molecule has 2 aromatic carbocycles. The van der Waals surface area contributed by atoms with Crippen molar-refractivity contribution in [2.75, 3.05) is 27.7 Å². The number of hydrogen-bond donors (Lipinski definition) is 0. The van der Waals surface area contributed by atoms with Crippen LogP contribution in [0.25, 0.3) is 16.3 Å². The van der Waals surface area contributed by atoms with Crippen LogP contribution in [0.3, 0.4) is 0 Å². The van der Waals surface area contributed by atoms with Crippen LogP contribution in [0.5, 0.6) is 5.75 Å². The highest BCUT2D eigenvalue weighted by Crippen LogP contribution is 2.33. The summed E-state index contributed by atoms with van der Waals surface area (Å²) in [4.78, 5) is 14.1. The van der Waals surface area contributed by atoms with Gasteiger partial charge in [-0.3, -0.25) is 4.79 Å². The number of methoxy groups -OCH3 is 1. The largest absolute Gasteiger partial charge is 0.497 e. The zero-order chi connectivity index (χ0) is 16.4. The number of fused-ring (bicyclic) bond motifs is 1. The molecule has 2 aromatic rings. The van der Waals surface area contributed by atoms with Crippen LogP contribution in [-0.2, 0) is 4.79 Å². The molecule has 0 saturated carbocycles. The molecule has 3 heteroatoms. The van der Waals surface area contributed by atoms with E-state index < -0.39 is 0 Å². The lowest BCUT2D eigenvalue weighted by molar-refractivity contribution is -0.115. The highest BCUT2D eigenvalue weighted by atomic mass is 16.5. The zero-order valence-electron chi connectivity index (χ0n) is 14.0. The van der Waals surface area contributed by atoms with Crippen molar-refractivity contribution in [1.29, 1.82) is 0 Å². The Morgan fingerprint density at radius 1 is 1.13 bits per heavy atom. The van der Waals surface area contributed by atoms with E-state index in [4.69, 9.17) is 4.74 Å². The van der Waals surface area contributed by atoms with Crippen molar-refractivity contribution >= 4 is 22.1 Å². The summed E-state index contributed by atoms with van der Waals surface area (Å²) in [5.41, 5.74) is 2.33. The molecule has 0 amide bonds. The molecule has 3 nitrogen and oxygen atoms in total. The monoisotopic (exact) mass is 309 g/mol. The summed E-state index contributed by atoms with van der Waals surface area (Å²) >= 11 is 0. The predicted octanol–water partition coefficient (Wildman–Crippen LogP) is 3.77. The van der Waals surface area contributed by atoms with E-state index in [9.17, 15) is 4.79 Å². The lowest BCUT2D eigenvalue weighted by Crippen LogP contribution is -2.25. The normalized spacial score (nSPS) is 18.3. The van der Waals surface area contributed by atoms with Gasteiger partial charge in [0.2, 0.25) is 0 Å². The van der Waals surface area contributed by atoms with E-state index in [2.05, 4.69) is 43.3 Å². The molecular formula is C20H23NO2. The fourth-order valence-corrected chi connectivity index (χ4v) is 3.32. The Labute approximate surface area is 137 Å². The van der Waals surface area contributed by atoms with Gasteiger partial charge in [0.05, 0.1) is 7.11 Å². The van der Waals surface area contributed by atoms with E-state index in [1.165, 1.54) is 11.0 Å². The summed E-state index contributed by atoms with van der Waals surface area (Å²) < 4.78 is 5.28. The van der Waals surface area contributed by atoms with Crippen molar-refractivity contribution in [2.24, 2.45) is 5.92 Å². The first kappa shape index (κ1) is 15.8. The molecule has 0 bridgehead atoms. The summed E-state index contributed by atoms with van der Waals surface area (Å²) in [7, 11) is 5.85. The summed E-state index contributed by atoms with van der Waals surface area (Å²) in [5.74, 6) is 1.52. The van der Waals surface area contributed by atoms with E-state index in [0.29, 0.717) is 12.3 Å². The number of carbonyl (C=O) groups is 1. The molecule has 120 valence electrons. The van der Waals surface area contributed by atoms with Crippen molar-refractivity contribution in [3.05, 3.63) is 48.0 Å². The first-order valence-corrected chi connectivity index (χ1v) is 8.04. The van der Waals surface area contributed by atoms with Crippen LogP contribution < -0.4 is 4.74 Å². The summed E-state index contributed by atoms with van der Waals surface area (Å²) in [6.45, 7) is 0.972. The Morgan fingerprint density at radius 2 is 1.87 bits per heavy atom. The van der Waals surface area contributed by atoms with Gasteiger partial charge in [0.25, 0.3) is 0 Å². The smallest absolute Gasteiger partial charge is 0.156 e. The highest BCUT2D eigenvalue weighted by molar-refractivity contribution is 6.00. The standard InChI is InChI=1S/C20H23NO2/c1-21(2)13-17-6-8-18(22)12-20(17)16-5-4-15-11-19(23-3)9-7-14(15)10-16/h4-5,7,9-12,17H,6,8,13H2,1-3H3. The molecule has 3 rings (SSSR count). The second kappa shape index (κ2) is 6.55. The van der Waals surface area contributed by atoms with E-state index >= 15 is 0 Å². The van der Waals surface area contributed by atoms with Crippen LogP contribution in [-0.4, -0.2) is 38.4 Å². The zero-order valence-corrected chi connectivity index (χ0v) is 14.0. The van der Waals surface area contributed by atoms with Gasteiger partial charge in [0.15, 0.2) is 5.78 Å². The first-order valence-electron chi connectivity index (χ1n) is 8.04. The van der Waals surface area contributed by atoms with Crippen LogP contribution in [0.2, 0.25) is 0 Å². The SMILES string of the molecule is COc1ccc2cc(C3=CC(=O)CCC3CN(C)C)ccc2c1. The Bertz CT molecular complexity index is 761. The van der Waals surface area contributed by atoms with Gasteiger partial charge in [-0.15, -0.1) is 0 Å². The lowest BCUT2D eigenvalue weighted by atomic mass is 9.82. The van der Waals surface area contributed by atoms with E-state index in [0.717, 1.165) is 29.7 Å². The summed E-state index contributed by atoms with van der Waals surface area (Å²) in [6.07, 6.45) is 3.44. The Kier molecular flexibility index (Phi) is 4.49. The number of ketones is 1. The van der Waals surface area contributed by atoms with Crippen LogP contribution >= 0.6 is 0 Å². The molecule has 0 radical (unpaired) electrons. The number of rotatable bonds is 4. The molecule has 1 unspecified atom stereocenters. The molecule has 1 aliphatic carbocycles. The molecule has 0 spiro atoms. The minimum atomic E-state index is 0.241. The van der Waals surface area contributed by atoms with Crippen LogP contribution in [0, 0.1) is 5.92 Å². The topological polar surface area (TPSA) is 29.5 Å². The van der Waals surface area contributed by atoms with Gasteiger partial charge in [-0.05, 0) is 72.6 Å². The maximum absolute atomic E-state index is 11.9. The number of benzene rings is 2. The van der Waals surface area contributed by atoms with E-state index in [1.54, 1.807) is 7.11 Å². The number of nitrogens with zero attached hydrogens (tertiary/aromatic N) is 1. The van der Waals surface area contributed by atoms with Crippen molar-refractivity contribution in [2.45, 2.75) is 12.8 Å².